The summed E-state index contributed by atoms with van der Waals surface area (Å²) in [6.45, 7) is 1.68. The third-order valence-electron chi connectivity index (χ3n) is 3.23. The second-order valence-electron chi connectivity index (χ2n) is 4.95. The number of hydrogen-bond donors (Lipinski definition) is 2. The Morgan fingerprint density at radius 1 is 1.45 bits per heavy atom. The molecular formula is C13H16N6O3. The number of nitrogen functional groups attached to an aromatic ring is 1. The number of imidazole rings is 1. The quantitative estimate of drug-likeness (QED) is 0.584. The zero-order chi connectivity index (χ0) is 15.7. The normalized spacial score (nSPS) is 22.1. The van der Waals surface area contributed by atoms with Crippen LogP contribution in [0.25, 0.3) is 11.2 Å². The number of ether oxygens (including phenoxy) is 2. The van der Waals surface area contributed by atoms with Crippen LogP contribution in [0.2, 0.25) is 0 Å². The molecule has 116 valence electrons. The van der Waals surface area contributed by atoms with Gasteiger partial charge in [-0.3, -0.25) is 9.36 Å². The highest BCUT2D eigenvalue weighted by atomic mass is 16.6. The topological polar surface area (TPSA) is 131 Å². The second kappa shape index (κ2) is 5.70. The van der Waals surface area contributed by atoms with Crippen molar-refractivity contribution in [2.75, 3.05) is 12.3 Å². The molecule has 0 unspecified atom stereocenters. The van der Waals surface area contributed by atoms with E-state index in [9.17, 15) is 4.79 Å². The van der Waals surface area contributed by atoms with E-state index in [1.807, 2.05) is 12.2 Å². The van der Waals surface area contributed by atoms with E-state index in [4.69, 9.17) is 20.9 Å². The van der Waals surface area contributed by atoms with Gasteiger partial charge in [0.15, 0.2) is 17.7 Å². The predicted molar refractivity (Wildman–Crippen MR) is 77.4 cm³/mol. The van der Waals surface area contributed by atoms with E-state index in [0.717, 1.165) is 0 Å². The molecule has 0 fully saturated rings. The second-order valence-corrected chi connectivity index (χ2v) is 4.95. The lowest BCUT2D eigenvalue weighted by Crippen LogP contribution is -2.31. The highest BCUT2D eigenvalue weighted by molar-refractivity contribution is 5.81. The number of carbonyl (C=O) groups is 1. The van der Waals surface area contributed by atoms with Gasteiger partial charge in [-0.05, 0) is 13.0 Å². The number of aromatic nitrogens is 4. The predicted octanol–water partition coefficient (Wildman–Crippen LogP) is -0.247. The van der Waals surface area contributed by atoms with Crippen LogP contribution in [0, 0.1) is 0 Å². The van der Waals surface area contributed by atoms with E-state index < -0.39 is 18.2 Å². The molecule has 4 N–H and O–H groups in total. The molecule has 3 heterocycles. The van der Waals surface area contributed by atoms with E-state index in [1.165, 1.54) is 6.33 Å². The molecule has 0 saturated carbocycles. The fraction of sp³-hybridized carbons (Fsp3) is 0.385. The highest BCUT2D eigenvalue weighted by Gasteiger charge is 2.24. The summed E-state index contributed by atoms with van der Waals surface area (Å²) in [6.07, 6.45) is 5.87. The van der Waals surface area contributed by atoms with Gasteiger partial charge < -0.3 is 20.9 Å². The molecule has 2 aromatic rings. The molecule has 2 aromatic heterocycles. The maximum Gasteiger partial charge on any atom is 0.322 e. The van der Waals surface area contributed by atoms with Gasteiger partial charge in [0, 0.05) is 0 Å². The van der Waals surface area contributed by atoms with Crippen molar-refractivity contribution < 1.29 is 14.3 Å². The van der Waals surface area contributed by atoms with Gasteiger partial charge in [0.05, 0.1) is 6.33 Å². The molecular weight excluding hydrogens is 288 g/mol. The lowest BCUT2D eigenvalue weighted by atomic mass is 10.3. The molecule has 0 saturated heterocycles. The van der Waals surface area contributed by atoms with E-state index in [-0.39, 0.29) is 12.7 Å². The molecule has 1 aliphatic heterocycles. The molecule has 22 heavy (non-hydrogen) atoms. The van der Waals surface area contributed by atoms with Gasteiger partial charge in [-0.1, -0.05) is 6.08 Å². The minimum absolute atomic E-state index is 0.108. The molecule has 0 spiro atoms. The van der Waals surface area contributed by atoms with Gasteiger partial charge in [-0.2, -0.15) is 0 Å². The number of rotatable bonds is 4. The van der Waals surface area contributed by atoms with Crippen LogP contribution in [0.3, 0.4) is 0 Å². The Hall–Kier alpha value is -2.52. The molecule has 0 radical (unpaired) electrons. The maximum absolute atomic E-state index is 11.3. The van der Waals surface area contributed by atoms with Crippen molar-refractivity contribution in [1.29, 1.82) is 0 Å². The summed E-state index contributed by atoms with van der Waals surface area (Å²) >= 11 is 0. The standard InChI is InChI=1S/C13H16N6O3/c1-7(14)13(20)21-4-8-2-3-9(22-8)19-6-18-10-11(15)16-5-17-12(10)19/h2-3,5-9H,4,14H2,1H3,(H2,15,16,17)/t7-,8-,9+/m0/s1. The Morgan fingerprint density at radius 3 is 3.05 bits per heavy atom. The van der Waals surface area contributed by atoms with Crippen LogP contribution in [0.5, 0.6) is 0 Å². The van der Waals surface area contributed by atoms with Crippen LogP contribution in [0.4, 0.5) is 5.82 Å². The first-order valence-electron chi connectivity index (χ1n) is 6.75. The van der Waals surface area contributed by atoms with Gasteiger partial charge in [0.1, 0.15) is 30.6 Å². The lowest BCUT2D eigenvalue weighted by molar-refractivity contribution is -0.148. The lowest BCUT2D eigenvalue weighted by Gasteiger charge is -2.16. The molecule has 9 heteroatoms. The van der Waals surface area contributed by atoms with Crippen LogP contribution in [0.1, 0.15) is 13.2 Å². The molecule has 1 aliphatic rings. The van der Waals surface area contributed by atoms with Crippen molar-refractivity contribution in [1.82, 2.24) is 19.5 Å². The molecule has 3 rings (SSSR count). The Kier molecular flexibility index (Phi) is 3.73. The molecule has 0 amide bonds. The van der Waals surface area contributed by atoms with Gasteiger partial charge in [0.2, 0.25) is 0 Å². The first-order chi connectivity index (χ1) is 10.6. The third-order valence-corrected chi connectivity index (χ3v) is 3.23. The van der Waals surface area contributed by atoms with Crippen molar-refractivity contribution in [3.8, 4) is 0 Å². The first-order valence-corrected chi connectivity index (χ1v) is 6.75. The molecule has 9 nitrogen and oxygen atoms in total. The molecule has 0 bridgehead atoms. The van der Waals surface area contributed by atoms with E-state index in [0.29, 0.717) is 17.0 Å². The minimum atomic E-state index is -0.654. The van der Waals surface area contributed by atoms with Crippen molar-refractivity contribution in [2.45, 2.75) is 25.3 Å². The summed E-state index contributed by atoms with van der Waals surface area (Å²) in [5.41, 5.74) is 12.3. The van der Waals surface area contributed by atoms with E-state index >= 15 is 0 Å². The van der Waals surface area contributed by atoms with Crippen molar-refractivity contribution in [3.63, 3.8) is 0 Å². The number of esters is 1. The number of nitrogens with two attached hydrogens (primary N) is 2. The Bertz CT molecular complexity index is 726. The highest BCUT2D eigenvalue weighted by Crippen LogP contribution is 2.25. The van der Waals surface area contributed by atoms with E-state index in [2.05, 4.69) is 15.0 Å². The Morgan fingerprint density at radius 2 is 2.27 bits per heavy atom. The summed E-state index contributed by atoms with van der Waals surface area (Å²) in [5, 5.41) is 0. The summed E-state index contributed by atoms with van der Waals surface area (Å²) in [6, 6.07) is -0.654. The minimum Gasteiger partial charge on any atom is -0.461 e. The van der Waals surface area contributed by atoms with Crippen molar-refractivity contribution in [2.24, 2.45) is 5.73 Å². The summed E-state index contributed by atoms with van der Waals surface area (Å²) in [4.78, 5) is 23.6. The first kappa shape index (κ1) is 14.4. The number of hydrogen-bond acceptors (Lipinski definition) is 8. The van der Waals surface area contributed by atoms with E-state index in [1.54, 1.807) is 17.8 Å². The summed E-state index contributed by atoms with van der Waals surface area (Å²) < 4.78 is 12.6. The fourth-order valence-corrected chi connectivity index (χ4v) is 2.09. The van der Waals surface area contributed by atoms with Gasteiger partial charge in [-0.25, -0.2) is 15.0 Å². The summed E-state index contributed by atoms with van der Waals surface area (Å²) in [7, 11) is 0. The smallest absolute Gasteiger partial charge is 0.322 e. The van der Waals surface area contributed by atoms with Gasteiger partial charge >= 0.3 is 5.97 Å². The van der Waals surface area contributed by atoms with Gasteiger partial charge in [0.25, 0.3) is 0 Å². The van der Waals surface area contributed by atoms with Crippen molar-refractivity contribution in [3.05, 3.63) is 24.8 Å². The van der Waals surface area contributed by atoms with Crippen molar-refractivity contribution >= 4 is 23.0 Å². The third kappa shape index (κ3) is 2.63. The number of anilines is 1. The molecule has 0 aliphatic carbocycles. The van der Waals surface area contributed by atoms with Gasteiger partial charge in [-0.15, -0.1) is 0 Å². The monoisotopic (exact) mass is 304 g/mol. The number of fused-ring (bicyclic) bond motifs is 1. The Labute approximate surface area is 125 Å². The van der Waals surface area contributed by atoms with Crippen LogP contribution in [-0.2, 0) is 14.3 Å². The average molecular weight is 304 g/mol. The SMILES string of the molecule is C[C@H](N)C(=O)OC[C@@H]1C=C[C@H](n2cnc3c(N)ncnc32)O1. The summed E-state index contributed by atoms with van der Waals surface area (Å²) in [5.74, 6) is -0.151. The number of nitrogens with zero attached hydrogens (tertiary/aromatic N) is 4. The largest absolute Gasteiger partial charge is 0.461 e. The van der Waals surface area contributed by atoms with Crippen LogP contribution < -0.4 is 11.5 Å². The average Bonchev–Trinajstić information content (AvgIpc) is 3.11. The molecule has 3 atom stereocenters. The zero-order valence-electron chi connectivity index (χ0n) is 11.9. The van der Waals surface area contributed by atoms with Crippen LogP contribution >= 0.6 is 0 Å². The maximum atomic E-state index is 11.3. The molecule has 0 aromatic carbocycles. The van der Waals surface area contributed by atoms with Crippen LogP contribution in [0.15, 0.2) is 24.8 Å². The van der Waals surface area contributed by atoms with Crippen LogP contribution in [-0.4, -0.2) is 44.2 Å². The fourth-order valence-electron chi connectivity index (χ4n) is 2.09. The Balaban J connectivity index is 1.69. The zero-order valence-corrected chi connectivity index (χ0v) is 11.9. The number of carbonyl (C=O) groups excluding carboxylic acids is 1.